The van der Waals surface area contributed by atoms with Gasteiger partial charge in [-0.25, -0.2) is 0 Å². The standard InChI is InChI=1S/C18H15Cl2N3O3/c1-25-15-6-10-13(7-16(15)26-2)22-8-11(18(21)24)17(10)23-14-5-9(19)3-4-12(14)20/h3-8H,1-2H3,(H2,21,24)(H,22,23). The molecule has 0 aliphatic heterocycles. The zero-order valence-electron chi connectivity index (χ0n) is 14.0. The van der Waals surface area contributed by atoms with Crippen molar-refractivity contribution in [2.24, 2.45) is 5.73 Å². The average molecular weight is 392 g/mol. The number of amides is 1. The molecule has 1 heterocycles. The second kappa shape index (κ2) is 7.27. The van der Waals surface area contributed by atoms with E-state index in [9.17, 15) is 4.79 Å². The van der Waals surface area contributed by atoms with Gasteiger partial charge in [0.2, 0.25) is 0 Å². The predicted molar refractivity (Wildman–Crippen MR) is 103 cm³/mol. The van der Waals surface area contributed by atoms with Crippen molar-refractivity contribution in [3.05, 3.63) is 52.1 Å². The fraction of sp³-hybridized carbons (Fsp3) is 0.111. The van der Waals surface area contributed by atoms with E-state index in [0.717, 1.165) is 0 Å². The molecule has 0 aliphatic rings. The van der Waals surface area contributed by atoms with Crippen LogP contribution in [-0.2, 0) is 0 Å². The third-order valence-corrected chi connectivity index (χ3v) is 4.39. The molecule has 3 rings (SSSR count). The minimum Gasteiger partial charge on any atom is -0.493 e. The smallest absolute Gasteiger partial charge is 0.252 e. The topological polar surface area (TPSA) is 86.5 Å². The Balaban J connectivity index is 2.27. The Morgan fingerprint density at radius 2 is 1.81 bits per heavy atom. The number of rotatable bonds is 5. The number of hydrogen-bond acceptors (Lipinski definition) is 5. The Morgan fingerprint density at radius 3 is 2.46 bits per heavy atom. The summed E-state index contributed by atoms with van der Waals surface area (Å²) in [5, 5.41) is 4.70. The van der Waals surface area contributed by atoms with Gasteiger partial charge in [-0.05, 0) is 24.3 Å². The number of anilines is 2. The number of pyridine rings is 1. The van der Waals surface area contributed by atoms with Crippen molar-refractivity contribution in [3.63, 3.8) is 0 Å². The van der Waals surface area contributed by atoms with Gasteiger partial charge in [0.1, 0.15) is 0 Å². The lowest BCUT2D eigenvalue weighted by Crippen LogP contribution is -2.14. The molecule has 0 radical (unpaired) electrons. The van der Waals surface area contributed by atoms with Crippen molar-refractivity contribution in [1.82, 2.24) is 4.98 Å². The summed E-state index contributed by atoms with van der Waals surface area (Å²) in [6.45, 7) is 0. The van der Waals surface area contributed by atoms with Gasteiger partial charge in [0, 0.05) is 22.7 Å². The Hall–Kier alpha value is -2.70. The van der Waals surface area contributed by atoms with Gasteiger partial charge in [0.15, 0.2) is 11.5 Å². The highest BCUT2D eigenvalue weighted by molar-refractivity contribution is 6.35. The minimum absolute atomic E-state index is 0.209. The molecule has 0 aliphatic carbocycles. The summed E-state index contributed by atoms with van der Waals surface area (Å²) in [7, 11) is 3.06. The summed E-state index contributed by atoms with van der Waals surface area (Å²) < 4.78 is 10.6. The van der Waals surface area contributed by atoms with E-state index in [2.05, 4.69) is 10.3 Å². The van der Waals surface area contributed by atoms with Crippen molar-refractivity contribution in [1.29, 1.82) is 0 Å². The molecule has 0 atom stereocenters. The fourth-order valence-electron chi connectivity index (χ4n) is 2.57. The van der Waals surface area contributed by atoms with Crippen LogP contribution in [-0.4, -0.2) is 25.1 Å². The van der Waals surface area contributed by atoms with Crippen LogP contribution in [0.4, 0.5) is 11.4 Å². The van der Waals surface area contributed by atoms with Gasteiger partial charge < -0.3 is 20.5 Å². The number of benzene rings is 2. The van der Waals surface area contributed by atoms with E-state index >= 15 is 0 Å². The number of methoxy groups -OCH3 is 2. The maximum Gasteiger partial charge on any atom is 0.252 e. The van der Waals surface area contributed by atoms with Crippen LogP contribution in [0.5, 0.6) is 11.5 Å². The second-order valence-corrected chi connectivity index (χ2v) is 6.23. The normalized spacial score (nSPS) is 10.6. The number of fused-ring (bicyclic) bond motifs is 1. The van der Waals surface area contributed by atoms with E-state index in [4.69, 9.17) is 38.4 Å². The number of hydrogen-bond donors (Lipinski definition) is 2. The van der Waals surface area contributed by atoms with Crippen LogP contribution in [0.2, 0.25) is 10.0 Å². The SMILES string of the molecule is COc1cc2ncc(C(N)=O)c(Nc3cc(Cl)ccc3Cl)c2cc1OC. The van der Waals surface area contributed by atoms with E-state index in [1.54, 1.807) is 30.3 Å². The van der Waals surface area contributed by atoms with Gasteiger partial charge >= 0.3 is 0 Å². The molecule has 0 saturated carbocycles. The maximum atomic E-state index is 11.9. The van der Waals surface area contributed by atoms with Gasteiger partial charge in [-0.3, -0.25) is 9.78 Å². The highest BCUT2D eigenvalue weighted by Gasteiger charge is 2.17. The lowest BCUT2D eigenvalue weighted by atomic mass is 10.1. The summed E-state index contributed by atoms with van der Waals surface area (Å²) in [4.78, 5) is 16.2. The summed E-state index contributed by atoms with van der Waals surface area (Å²) in [6.07, 6.45) is 1.40. The lowest BCUT2D eigenvalue weighted by molar-refractivity contribution is 0.100. The summed E-state index contributed by atoms with van der Waals surface area (Å²) in [5.41, 5.74) is 7.30. The van der Waals surface area contributed by atoms with Crippen LogP contribution in [0.1, 0.15) is 10.4 Å². The monoisotopic (exact) mass is 391 g/mol. The number of nitrogens with one attached hydrogen (secondary N) is 1. The molecule has 0 spiro atoms. The third-order valence-electron chi connectivity index (χ3n) is 3.83. The first-order chi connectivity index (χ1) is 12.4. The predicted octanol–water partition coefficient (Wildman–Crippen LogP) is 4.40. The highest BCUT2D eigenvalue weighted by Crippen LogP contribution is 2.38. The van der Waals surface area contributed by atoms with Gasteiger partial charge in [-0.1, -0.05) is 23.2 Å². The van der Waals surface area contributed by atoms with Crippen molar-refractivity contribution in [2.45, 2.75) is 0 Å². The maximum absolute atomic E-state index is 11.9. The number of primary amides is 1. The second-order valence-electron chi connectivity index (χ2n) is 5.38. The first-order valence-corrected chi connectivity index (χ1v) is 8.26. The van der Waals surface area contributed by atoms with Gasteiger partial charge in [0.25, 0.3) is 5.91 Å². The molecule has 1 aromatic heterocycles. The molecular formula is C18H15Cl2N3O3. The lowest BCUT2D eigenvalue weighted by Gasteiger charge is -2.16. The van der Waals surface area contributed by atoms with E-state index in [0.29, 0.717) is 43.8 Å². The number of halogens is 2. The van der Waals surface area contributed by atoms with Gasteiger partial charge in [0.05, 0.1) is 41.7 Å². The number of carbonyl (C=O) groups is 1. The van der Waals surface area contributed by atoms with Crippen LogP contribution in [0.25, 0.3) is 10.9 Å². The molecule has 0 bridgehead atoms. The average Bonchev–Trinajstić information content (AvgIpc) is 2.63. The number of ether oxygens (including phenoxy) is 2. The van der Waals surface area contributed by atoms with Crippen LogP contribution >= 0.6 is 23.2 Å². The molecule has 0 unspecified atom stereocenters. The molecule has 134 valence electrons. The molecule has 2 aromatic carbocycles. The first kappa shape index (κ1) is 18.1. The molecule has 0 fully saturated rings. The van der Waals surface area contributed by atoms with Gasteiger partial charge in [-0.15, -0.1) is 0 Å². The van der Waals surface area contributed by atoms with Crippen LogP contribution in [0.15, 0.2) is 36.5 Å². The zero-order chi connectivity index (χ0) is 18.8. The highest BCUT2D eigenvalue weighted by atomic mass is 35.5. The van der Waals surface area contributed by atoms with Crippen LogP contribution in [0, 0.1) is 0 Å². The first-order valence-electron chi connectivity index (χ1n) is 7.51. The summed E-state index contributed by atoms with van der Waals surface area (Å²) >= 11 is 12.3. The Kier molecular flexibility index (Phi) is 5.06. The van der Waals surface area contributed by atoms with E-state index in [1.165, 1.54) is 20.4 Å². The largest absolute Gasteiger partial charge is 0.493 e. The molecular weight excluding hydrogens is 377 g/mol. The van der Waals surface area contributed by atoms with E-state index in [-0.39, 0.29) is 5.56 Å². The van der Waals surface area contributed by atoms with E-state index in [1.807, 2.05) is 0 Å². The van der Waals surface area contributed by atoms with Crippen molar-refractivity contribution < 1.29 is 14.3 Å². The minimum atomic E-state index is -0.630. The summed E-state index contributed by atoms with van der Waals surface area (Å²) in [6, 6.07) is 8.41. The zero-order valence-corrected chi connectivity index (χ0v) is 15.5. The van der Waals surface area contributed by atoms with Crippen LogP contribution in [0.3, 0.4) is 0 Å². The number of nitrogens with two attached hydrogens (primary N) is 1. The van der Waals surface area contributed by atoms with Crippen molar-refractivity contribution in [3.8, 4) is 11.5 Å². The Labute approximate surface area is 159 Å². The number of aromatic nitrogens is 1. The molecule has 1 amide bonds. The Bertz CT molecular complexity index is 1010. The molecule has 3 aromatic rings. The quantitative estimate of drug-likeness (QED) is 0.672. The van der Waals surface area contributed by atoms with E-state index < -0.39 is 5.91 Å². The number of carbonyl (C=O) groups excluding carboxylic acids is 1. The fourth-order valence-corrected chi connectivity index (χ4v) is 2.91. The van der Waals surface area contributed by atoms with Crippen LogP contribution < -0.4 is 20.5 Å². The van der Waals surface area contributed by atoms with Crippen molar-refractivity contribution >= 4 is 51.4 Å². The van der Waals surface area contributed by atoms with Crippen molar-refractivity contribution in [2.75, 3.05) is 19.5 Å². The molecule has 3 N–H and O–H groups in total. The Morgan fingerprint density at radius 1 is 1.12 bits per heavy atom. The molecule has 6 nitrogen and oxygen atoms in total. The number of nitrogens with zero attached hydrogens (tertiary/aromatic N) is 1. The summed E-state index contributed by atoms with van der Waals surface area (Å²) in [5.74, 6) is 0.379. The molecule has 0 saturated heterocycles. The molecule has 26 heavy (non-hydrogen) atoms. The molecule has 8 heteroatoms. The third kappa shape index (κ3) is 3.34. The van der Waals surface area contributed by atoms with Gasteiger partial charge in [-0.2, -0.15) is 0 Å².